The van der Waals surface area contributed by atoms with Crippen LogP contribution in [0.5, 0.6) is 0 Å². The topological polar surface area (TPSA) is 45.7 Å². The summed E-state index contributed by atoms with van der Waals surface area (Å²) in [5.74, 6) is 0.565. The fraction of sp³-hybridized carbons (Fsp3) is 0.167. The Bertz CT molecular complexity index is 215. The number of hydrogen-bond donors (Lipinski definition) is 1. The highest BCUT2D eigenvalue weighted by Gasteiger charge is 1.91. The van der Waals surface area contributed by atoms with Crippen molar-refractivity contribution in [1.82, 2.24) is 0 Å². The van der Waals surface area contributed by atoms with Gasteiger partial charge in [-0.15, -0.1) is 0 Å². The van der Waals surface area contributed by atoms with Gasteiger partial charge in [0.25, 0.3) is 0 Å². The van der Waals surface area contributed by atoms with E-state index in [1.54, 1.807) is 12.3 Å². The fourth-order valence-corrected chi connectivity index (χ4v) is 0.578. The van der Waals surface area contributed by atoms with Crippen LogP contribution in [0.1, 0.15) is 11.3 Å². The largest absolute Gasteiger partial charge is 0.463 e. The molecule has 0 aromatic carbocycles. The van der Waals surface area contributed by atoms with Crippen molar-refractivity contribution < 1.29 is 9.62 Å². The van der Waals surface area contributed by atoms with Crippen LogP contribution >= 0.6 is 0 Å². The molecule has 0 unspecified atom stereocenters. The van der Waals surface area contributed by atoms with Gasteiger partial charge in [-0.05, 0) is 18.6 Å². The lowest BCUT2D eigenvalue weighted by Crippen LogP contribution is -1.71. The molecule has 0 radical (unpaired) electrons. The minimum atomic E-state index is 0.565. The Morgan fingerprint density at radius 3 is 3.00 bits per heavy atom. The predicted octanol–water partition coefficient (Wildman–Crippen LogP) is 1.40. The predicted molar refractivity (Wildman–Crippen MR) is 32.8 cm³/mol. The van der Waals surface area contributed by atoms with Crippen LogP contribution in [0.25, 0.3) is 0 Å². The van der Waals surface area contributed by atoms with E-state index in [0.717, 1.165) is 5.56 Å². The van der Waals surface area contributed by atoms with Crippen LogP contribution in [-0.4, -0.2) is 11.4 Å². The first-order valence-corrected chi connectivity index (χ1v) is 2.55. The number of nitrogens with zero attached hydrogens (tertiary/aromatic N) is 1. The van der Waals surface area contributed by atoms with Gasteiger partial charge in [-0.25, -0.2) is 0 Å². The van der Waals surface area contributed by atoms with Crippen molar-refractivity contribution in [2.45, 2.75) is 6.92 Å². The normalized spacial score (nSPS) is 10.8. The molecule has 0 amide bonds. The molecule has 0 aliphatic carbocycles. The smallest absolute Gasteiger partial charge is 0.148 e. The quantitative estimate of drug-likeness (QED) is 0.350. The number of aryl methyl sites for hydroxylation is 1. The Morgan fingerprint density at radius 2 is 2.56 bits per heavy atom. The Balaban J connectivity index is 2.85. The summed E-state index contributed by atoms with van der Waals surface area (Å²) < 4.78 is 4.90. The molecule has 1 rings (SSSR count). The van der Waals surface area contributed by atoms with Crippen molar-refractivity contribution >= 4 is 6.21 Å². The third-order valence-corrected chi connectivity index (χ3v) is 0.936. The maximum absolute atomic E-state index is 8.04. The van der Waals surface area contributed by atoms with Gasteiger partial charge in [0.05, 0.1) is 6.26 Å². The first-order valence-electron chi connectivity index (χ1n) is 2.55. The zero-order chi connectivity index (χ0) is 6.69. The molecule has 1 aromatic rings. The number of rotatable bonds is 1. The highest BCUT2D eigenvalue weighted by atomic mass is 16.4. The fourth-order valence-electron chi connectivity index (χ4n) is 0.578. The highest BCUT2D eigenvalue weighted by molar-refractivity contribution is 5.75. The minimum absolute atomic E-state index is 0.565. The summed E-state index contributed by atoms with van der Waals surface area (Å²) in [4.78, 5) is 0. The third kappa shape index (κ3) is 1.32. The lowest BCUT2D eigenvalue weighted by atomic mass is 10.3. The molecule has 1 N–H and O–H groups in total. The van der Waals surface area contributed by atoms with Crippen molar-refractivity contribution in [2.75, 3.05) is 0 Å². The van der Waals surface area contributed by atoms with Gasteiger partial charge in [-0.3, -0.25) is 0 Å². The van der Waals surface area contributed by atoms with E-state index in [1.807, 2.05) is 6.92 Å². The van der Waals surface area contributed by atoms with Crippen LogP contribution < -0.4 is 0 Å². The molecule has 0 spiro atoms. The second-order valence-electron chi connectivity index (χ2n) is 1.77. The maximum Gasteiger partial charge on any atom is 0.148 e. The molecule has 1 heterocycles. The molecule has 48 valence electrons. The number of hydrogen-bond acceptors (Lipinski definition) is 3. The Kier molecular flexibility index (Phi) is 1.53. The summed E-state index contributed by atoms with van der Waals surface area (Å²) in [6, 6.07) is 1.78. The highest BCUT2D eigenvalue weighted by Crippen LogP contribution is 2.02. The molecule has 0 saturated heterocycles. The summed E-state index contributed by atoms with van der Waals surface area (Å²) in [5.41, 5.74) is 1.02. The molecule has 3 heteroatoms. The standard InChI is InChI=1S/C6H7NO2/c1-5-2-6(3-7-8)9-4-5/h2-4,8H,1H3/b7-3+. The van der Waals surface area contributed by atoms with E-state index in [1.165, 1.54) is 6.21 Å². The molecular weight excluding hydrogens is 118 g/mol. The molecule has 0 bridgehead atoms. The van der Waals surface area contributed by atoms with Gasteiger partial charge >= 0.3 is 0 Å². The van der Waals surface area contributed by atoms with Gasteiger partial charge in [0, 0.05) is 0 Å². The van der Waals surface area contributed by atoms with E-state index in [9.17, 15) is 0 Å². The van der Waals surface area contributed by atoms with Crippen LogP contribution in [0.2, 0.25) is 0 Å². The van der Waals surface area contributed by atoms with Crippen molar-refractivity contribution in [3.05, 3.63) is 23.7 Å². The zero-order valence-electron chi connectivity index (χ0n) is 5.03. The molecule has 0 saturated carbocycles. The molecule has 0 aliphatic rings. The lowest BCUT2D eigenvalue weighted by molar-refractivity contribution is 0.320. The molecule has 0 aliphatic heterocycles. The van der Waals surface area contributed by atoms with E-state index >= 15 is 0 Å². The lowest BCUT2D eigenvalue weighted by Gasteiger charge is -1.74. The van der Waals surface area contributed by atoms with Crippen molar-refractivity contribution in [3.63, 3.8) is 0 Å². The van der Waals surface area contributed by atoms with Gasteiger partial charge in [-0.1, -0.05) is 5.16 Å². The summed E-state index contributed by atoms with van der Waals surface area (Å²) in [7, 11) is 0. The monoisotopic (exact) mass is 125 g/mol. The van der Waals surface area contributed by atoms with E-state index in [-0.39, 0.29) is 0 Å². The van der Waals surface area contributed by atoms with E-state index < -0.39 is 0 Å². The molecule has 1 aromatic heterocycles. The van der Waals surface area contributed by atoms with Crippen molar-refractivity contribution in [2.24, 2.45) is 5.16 Å². The van der Waals surface area contributed by atoms with Crippen LogP contribution in [0.15, 0.2) is 21.9 Å². The average molecular weight is 125 g/mol. The van der Waals surface area contributed by atoms with Gasteiger partial charge in [0.2, 0.25) is 0 Å². The van der Waals surface area contributed by atoms with Gasteiger partial charge in [0.1, 0.15) is 12.0 Å². The summed E-state index contributed by atoms with van der Waals surface area (Å²) >= 11 is 0. The van der Waals surface area contributed by atoms with E-state index in [4.69, 9.17) is 9.62 Å². The maximum atomic E-state index is 8.04. The van der Waals surface area contributed by atoms with Crippen LogP contribution in [0.3, 0.4) is 0 Å². The second kappa shape index (κ2) is 2.35. The molecule has 0 atom stereocenters. The zero-order valence-corrected chi connectivity index (χ0v) is 5.03. The van der Waals surface area contributed by atoms with Gasteiger partial charge in [0.15, 0.2) is 0 Å². The van der Waals surface area contributed by atoms with Crippen LogP contribution in [-0.2, 0) is 0 Å². The van der Waals surface area contributed by atoms with Crippen molar-refractivity contribution in [3.8, 4) is 0 Å². The number of furan rings is 1. The molecule has 3 nitrogen and oxygen atoms in total. The van der Waals surface area contributed by atoms with Gasteiger partial charge in [-0.2, -0.15) is 0 Å². The minimum Gasteiger partial charge on any atom is -0.463 e. The van der Waals surface area contributed by atoms with E-state index in [2.05, 4.69) is 5.16 Å². The van der Waals surface area contributed by atoms with Crippen LogP contribution in [0.4, 0.5) is 0 Å². The first kappa shape index (κ1) is 5.88. The molecule has 9 heavy (non-hydrogen) atoms. The Labute approximate surface area is 52.6 Å². The van der Waals surface area contributed by atoms with Crippen molar-refractivity contribution in [1.29, 1.82) is 0 Å². The summed E-state index contributed by atoms with van der Waals surface area (Å²) in [6.07, 6.45) is 2.84. The van der Waals surface area contributed by atoms with Crippen LogP contribution in [0, 0.1) is 6.92 Å². The van der Waals surface area contributed by atoms with Gasteiger partial charge < -0.3 is 9.62 Å². The number of oxime groups is 1. The Hall–Kier alpha value is -1.25. The first-order chi connectivity index (χ1) is 4.33. The molecular formula is C6H7NO2. The second-order valence-corrected chi connectivity index (χ2v) is 1.77. The summed E-state index contributed by atoms with van der Waals surface area (Å²) in [6.45, 7) is 1.90. The third-order valence-electron chi connectivity index (χ3n) is 0.936. The van der Waals surface area contributed by atoms with E-state index in [0.29, 0.717) is 5.76 Å². The summed E-state index contributed by atoms with van der Waals surface area (Å²) in [5, 5.41) is 10.8. The Morgan fingerprint density at radius 1 is 1.78 bits per heavy atom. The average Bonchev–Trinajstić information content (AvgIpc) is 2.17. The molecule has 0 fully saturated rings. The SMILES string of the molecule is Cc1coc(/C=N/O)c1.